The molecule has 2 rings (SSSR count). The number of aliphatic imine (C=N–C) groups is 1. The van der Waals surface area contributed by atoms with E-state index < -0.39 is 0 Å². The average molecular weight is 192 g/mol. The predicted molar refractivity (Wildman–Crippen MR) is 59.3 cm³/mol. The van der Waals surface area contributed by atoms with Crippen molar-refractivity contribution in [3.05, 3.63) is 29.8 Å². The Hall–Kier alpha value is -0.960. The fraction of sp³-hybridized carbons (Fsp3) is 0.300. The number of nitrogen functional groups attached to an aromatic ring is 1. The molecule has 1 aromatic carbocycles. The largest absolute Gasteiger partial charge is 0.399 e. The Morgan fingerprint density at radius 2 is 2.38 bits per heavy atom. The second kappa shape index (κ2) is 3.42. The van der Waals surface area contributed by atoms with Gasteiger partial charge in [0, 0.05) is 16.5 Å². The van der Waals surface area contributed by atoms with Crippen LogP contribution in [0.1, 0.15) is 12.5 Å². The molecule has 68 valence electrons. The molecule has 1 aliphatic rings. The van der Waals surface area contributed by atoms with Crippen LogP contribution in [0.3, 0.4) is 0 Å². The Kier molecular flexibility index (Phi) is 2.27. The minimum Gasteiger partial charge on any atom is -0.399 e. The molecule has 1 heterocycles. The van der Waals surface area contributed by atoms with Gasteiger partial charge < -0.3 is 5.73 Å². The molecule has 0 saturated heterocycles. The average Bonchev–Trinajstić information content (AvgIpc) is 2.52. The summed E-state index contributed by atoms with van der Waals surface area (Å²) in [4.78, 5) is 4.45. The molecule has 0 aromatic heterocycles. The van der Waals surface area contributed by atoms with E-state index in [4.69, 9.17) is 5.73 Å². The summed E-state index contributed by atoms with van der Waals surface area (Å²) in [6.45, 7) is 3.11. The second-order valence-corrected chi connectivity index (χ2v) is 4.63. The molecule has 2 nitrogen and oxygen atoms in total. The minimum atomic E-state index is 0.608. The summed E-state index contributed by atoms with van der Waals surface area (Å²) in [6.07, 6.45) is 0. The van der Waals surface area contributed by atoms with Gasteiger partial charge in [-0.15, -0.1) is 11.8 Å². The third kappa shape index (κ3) is 1.86. The van der Waals surface area contributed by atoms with Crippen LogP contribution in [0.15, 0.2) is 29.3 Å². The maximum absolute atomic E-state index is 5.70. The van der Waals surface area contributed by atoms with Gasteiger partial charge >= 0.3 is 0 Å². The maximum Gasteiger partial charge on any atom is 0.0981 e. The summed E-state index contributed by atoms with van der Waals surface area (Å²) < 4.78 is 0. The van der Waals surface area contributed by atoms with Crippen molar-refractivity contribution in [2.75, 3.05) is 12.3 Å². The van der Waals surface area contributed by atoms with Crippen LogP contribution < -0.4 is 5.73 Å². The molecule has 0 radical (unpaired) electrons. The normalized spacial score (nSPS) is 21.6. The van der Waals surface area contributed by atoms with E-state index in [9.17, 15) is 0 Å². The first-order chi connectivity index (χ1) is 6.25. The summed E-state index contributed by atoms with van der Waals surface area (Å²) in [5.41, 5.74) is 7.65. The van der Waals surface area contributed by atoms with Gasteiger partial charge in [-0.1, -0.05) is 19.1 Å². The third-order valence-corrected chi connectivity index (χ3v) is 3.08. The molecule has 1 atom stereocenters. The molecule has 0 spiro atoms. The van der Waals surface area contributed by atoms with Gasteiger partial charge in [-0.05, 0) is 12.1 Å². The Labute approximate surface area is 82.2 Å². The van der Waals surface area contributed by atoms with Crippen LogP contribution in [0, 0.1) is 0 Å². The van der Waals surface area contributed by atoms with Crippen molar-refractivity contribution in [3.8, 4) is 0 Å². The van der Waals surface area contributed by atoms with E-state index in [-0.39, 0.29) is 0 Å². The van der Waals surface area contributed by atoms with Gasteiger partial charge in [0.2, 0.25) is 0 Å². The molecule has 2 N–H and O–H groups in total. The first-order valence-corrected chi connectivity index (χ1v) is 5.20. The van der Waals surface area contributed by atoms with E-state index in [1.807, 2.05) is 30.0 Å². The van der Waals surface area contributed by atoms with Gasteiger partial charge in [0.25, 0.3) is 0 Å². The summed E-state index contributed by atoms with van der Waals surface area (Å²) >= 11 is 1.82. The lowest BCUT2D eigenvalue weighted by Gasteiger charge is -2.01. The number of nitrogens with two attached hydrogens (primary N) is 1. The Balaban J connectivity index is 2.26. The van der Waals surface area contributed by atoms with Crippen LogP contribution in [0.4, 0.5) is 5.69 Å². The SMILES string of the molecule is CC1CN=C(c2cccc(N)c2)S1. The van der Waals surface area contributed by atoms with E-state index in [1.54, 1.807) is 0 Å². The van der Waals surface area contributed by atoms with E-state index >= 15 is 0 Å². The minimum absolute atomic E-state index is 0.608. The van der Waals surface area contributed by atoms with Gasteiger partial charge in [0.15, 0.2) is 0 Å². The fourth-order valence-electron chi connectivity index (χ4n) is 1.31. The highest BCUT2D eigenvalue weighted by atomic mass is 32.2. The van der Waals surface area contributed by atoms with Crippen LogP contribution in [0.25, 0.3) is 0 Å². The molecule has 0 saturated carbocycles. The first-order valence-electron chi connectivity index (χ1n) is 4.33. The summed E-state index contributed by atoms with van der Waals surface area (Å²) in [5.74, 6) is 0. The van der Waals surface area contributed by atoms with Crippen LogP contribution in [-0.4, -0.2) is 16.8 Å². The Morgan fingerprint density at radius 1 is 1.54 bits per heavy atom. The molecular formula is C10H12N2S. The zero-order valence-corrected chi connectivity index (χ0v) is 8.34. The van der Waals surface area contributed by atoms with Crippen LogP contribution in [-0.2, 0) is 0 Å². The van der Waals surface area contributed by atoms with Crippen molar-refractivity contribution < 1.29 is 0 Å². The van der Waals surface area contributed by atoms with Gasteiger partial charge in [0.05, 0.1) is 11.6 Å². The molecule has 13 heavy (non-hydrogen) atoms. The highest BCUT2D eigenvalue weighted by molar-refractivity contribution is 8.15. The number of nitrogens with zero attached hydrogens (tertiary/aromatic N) is 1. The summed E-state index contributed by atoms with van der Waals surface area (Å²) in [6, 6.07) is 7.90. The predicted octanol–water partition coefficient (Wildman–Crippen LogP) is 2.15. The smallest absolute Gasteiger partial charge is 0.0981 e. The number of thioether (sulfide) groups is 1. The standard InChI is InChI=1S/C10H12N2S/c1-7-6-12-10(13-7)8-3-2-4-9(11)5-8/h2-5,7H,6,11H2,1H3. The van der Waals surface area contributed by atoms with Crippen LogP contribution >= 0.6 is 11.8 Å². The molecule has 1 unspecified atom stereocenters. The van der Waals surface area contributed by atoms with Gasteiger partial charge in [-0.3, -0.25) is 4.99 Å². The van der Waals surface area contributed by atoms with Gasteiger partial charge in [-0.2, -0.15) is 0 Å². The third-order valence-electron chi connectivity index (χ3n) is 1.94. The molecule has 3 heteroatoms. The summed E-state index contributed by atoms with van der Waals surface area (Å²) in [5, 5.41) is 1.73. The van der Waals surface area contributed by atoms with Crippen molar-refractivity contribution in [3.63, 3.8) is 0 Å². The number of hydrogen-bond donors (Lipinski definition) is 1. The van der Waals surface area contributed by atoms with Crippen LogP contribution in [0.2, 0.25) is 0 Å². The first kappa shape index (κ1) is 8.63. The molecular weight excluding hydrogens is 180 g/mol. The summed E-state index contributed by atoms with van der Waals surface area (Å²) in [7, 11) is 0. The number of anilines is 1. The van der Waals surface area contributed by atoms with E-state index in [0.717, 1.165) is 22.8 Å². The van der Waals surface area contributed by atoms with Gasteiger partial charge in [0.1, 0.15) is 0 Å². The van der Waals surface area contributed by atoms with Crippen molar-refractivity contribution in [2.24, 2.45) is 4.99 Å². The maximum atomic E-state index is 5.70. The Morgan fingerprint density at radius 3 is 3.00 bits per heavy atom. The molecule has 0 fully saturated rings. The molecule has 0 aliphatic carbocycles. The van der Waals surface area contributed by atoms with Crippen LogP contribution in [0.5, 0.6) is 0 Å². The van der Waals surface area contributed by atoms with Crippen molar-refractivity contribution in [1.82, 2.24) is 0 Å². The van der Waals surface area contributed by atoms with E-state index in [2.05, 4.69) is 18.0 Å². The Bertz CT molecular complexity index is 347. The second-order valence-electron chi connectivity index (χ2n) is 3.20. The lowest BCUT2D eigenvalue weighted by Crippen LogP contribution is -1.96. The molecule has 0 bridgehead atoms. The zero-order valence-electron chi connectivity index (χ0n) is 7.53. The van der Waals surface area contributed by atoms with E-state index in [0.29, 0.717) is 5.25 Å². The molecule has 1 aliphatic heterocycles. The quantitative estimate of drug-likeness (QED) is 0.692. The lowest BCUT2D eigenvalue weighted by atomic mass is 10.2. The topological polar surface area (TPSA) is 38.4 Å². The van der Waals surface area contributed by atoms with Crippen molar-refractivity contribution >= 4 is 22.5 Å². The number of hydrogen-bond acceptors (Lipinski definition) is 3. The zero-order chi connectivity index (χ0) is 9.26. The number of benzene rings is 1. The van der Waals surface area contributed by atoms with E-state index in [1.165, 1.54) is 0 Å². The highest BCUT2D eigenvalue weighted by Crippen LogP contribution is 2.25. The fourth-order valence-corrected chi connectivity index (χ4v) is 2.25. The number of rotatable bonds is 1. The monoisotopic (exact) mass is 192 g/mol. The van der Waals surface area contributed by atoms with Crippen molar-refractivity contribution in [1.29, 1.82) is 0 Å². The van der Waals surface area contributed by atoms with Crippen molar-refractivity contribution in [2.45, 2.75) is 12.2 Å². The van der Waals surface area contributed by atoms with Gasteiger partial charge in [-0.25, -0.2) is 0 Å². The highest BCUT2D eigenvalue weighted by Gasteiger charge is 2.15. The molecule has 1 aromatic rings. The molecule has 0 amide bonds. The lowest BCUT2D eigenvalue weighted by molar-refractivity contribution is 0.976.